The van der Waals surface area contributed by atoms with Gasteiger partial charge in [0, 0.05) is 31.7 Å². The molecule has 2 heterocycles. The molecule has 7 nitrogen and oxygen atoms in total. The first kappa shape index (κ1) is 22.5. The molecule has 2 saturated heterocycles. The third-order valence-corrected chi connectivity index (χ3v) is 8.15. The van der Waals surface area contributed by atoms with Crippen LogP contribution in [-0.2, 0) is 19.6 Å². The molecule has 2 fully saturated rings. The van der Waals surface area contributed by atoms with Crippen molar-refractivity contribution in [2.75, 3.05) is 24.5 Å². The van der Waals surface area contributed by atoms with Gasteiger partial charge in [0.1, 0.15) is 0 Å². The van der Waals surface area contributed by atoms with Crippen molar-refractivity contribution in [2.45, 2.75) is 43.5 Å². The number of nitrogens with one attached hydrogen (secondary N) is 1. The summed E-state index contributed by atoms with van der Waals surface area (Å²) in [5.74, 6) is -0.439. The molecule has 2 aromatic carbocycles. The Morgan fingerprint density at radius 2 is 1.75 bits per heavy atom. The van der Waals surface area contributed by atoms with Gasteiger partial charge >= 0.3 is 0 Å². The number of rotatable bonds is 6. The van der Waals surface area contributed by atoms with E-state index in [1.165, 1.54) is 4.31 Å². The van der Waals surface area contributed by atoms with Gasteiger partial charge in [0.25, 0.3) is 0 Å². The molecule has 8 heteroatoms. The largest absolute Gasteiger partial charge is 0.349 e. The van der Waals surface area contributed by atoms with Gasteiger partial charge < -0.3 is 10.2 Å². The van der Waals surface area contributed by atoms with Crippen LogP contribution in [0.5, 0.6) is 0 Å². The SMILES string of the molecule is C[C@H](NC(=O)[C@@H]1CCCN(S(=O)(=O)c2ccc(N3CCCC3=O)cc2)C1)c1ccccc1. The minimum absolute atomic E-state index is 0.0650. The van der Waals surface area contributed by atoms with Crippen LogP contribution in [-0.4, -0.2) is 44.2 Å². The molecule has 0 bridgehead atoms. The number of hydrogen-bond acceptors (Lipinski definition) is 4. The standard InChI is InChI=1S/C24H29N3O4S/c1-18(19-7-3-2-4-8-19)25-24(29)20-9-5-15-26(17-20)32(30,31)22-13-11-21(12-14-22)27-16-6-10-23(27)28/h2-4,7-8,11-14,18,20H,5-6,9-10,15-17H2,1H3,(H,25,29)/t18-,20+/m0/s1. The molecule has 2 amide bonds. The smallest absolute Gasteiger partial charge is 0.243 e. The van der Waals surface area contributed by atoms with Crippen molar-refractivity contribution >= 4 is 27.5 Å². The normalized spacial score (nSPS) is 20.8. The van der Waals surface area contributed by atoms with Crippen LogP contribution in [0, 0.1) is 5.92 Å². The zero-order chi connectivity index (χ0) is 22.7. The van der Waals surface area contributed by atoms with Gasteiger partial charge in [-0.25, -0.2) is 8.42 Å². The van der Waals surface area contributed by atoms with E-state index in [0.717, 1.165) is 17.7 Å². The molecule has 2 aliphatic rings. The second-order valence-corrected chi connectivity index (χ2v) is 10.4. The van der Waals surface area contributed by atoms with Crippen molar-refractivity contribution < 1.29 is 18.0 Å². The van der Waals surface area contributed by atoms with Crippen molar-refractivity contribution in [3.63, 3.8) is 0 Å². The summed E-state index contributed by atoms with van der Waals surface area (Å²) in [7, 11) is -3.71. The van der Waals surface area contributed by atoms with E-state index in [0.29, 0.717) is 32.4 Å². The molecule has 2 atom stereocenters. The third-order valence-electron chi connectivity index (χ3n) is 6.27. The molecule has 32 heavy (non-hydrogen) atoms. The van der Waals surface area contributed by atoms with E-state index in [1.54, 1.807) is 29.2 Å². The fourth-order valence-electron chi connectivity index (χ4n) is 4.40. The molecule has 170 valence electrons. The maximum absolute atomic E-state index is 13.2. The summed E-state index contributed by atoms with van der Waals surface area (Å²) in [6, 6.07) is 16.0. The first-order valence-corrected chi connectivity index (χ1v) is 12.6. The van der Waals surface area contributed by atoms with Gasteiger partial charge in [0.2, 0.25) is 21.8 Å². The predicted molar refractivity (Wildman–Crippen MR) is 123 cm³/mol. The van der Waals surface area contributed by atoms with Gasteiger partial charge in [-0.2, -0.15) is 4.31 Å². The highest BCUT2D eigenvalue weighted by Crippen LogP contribution is 2.27. The van der Waals surface area contributed by atoms with Crippen LogP contribution < -0.4 is 10.2 Å². The second-order valence-electron chi connectivity index (χ2n) is 8.49. The average molecular weight is 456 g/mol. The van der Waals surface area contributed by atoms with Crippen molar-refractivity contribution in [1.29, 1.82) is 0 Å². The van der Waals surface area contributed by atoms with Gasteiger partial charge in [0.05, 0.1) is 16.9 Å². The molecule has 0 radical (unpaired) electrons. The fourth-order valence-corrected chi connectivity index (χ4v) is 5.92. The van der Waals surface area contributed by atoms with Gasteiger partial charge in [-0.05, 0) is 56.0 Å². The van der Waals surface area contributed by atoms with Gasteiger partial charge in [0.15, 0.2) is 0 Å². The Hall–Kier alpha value is -2.71. The Kier molecular flexibility index (Phi) is 6.62. The van der Waals surface area contributed by atoms with Crippen LogP contribution >= 0.6 is 0 Å². The van der Waals surface area contributed by atoms with Crippen molar-refractivity contribution in [2.24, 2.45) is 5.92 Å². The second kappa shape index (κ2) is 9.42. The van der Waals surface area contributed by atoms with Crippen LogP contribution in [0.3, 0.4) is 0 Å². The molecule has 0 saturated carbocycles. The first-order valence-electron chi connectivity index (χ1n) is 11.1. The Labute approximate surface area is 189 Å². The summed E-state index contributed by atoms with van der Waals surface area (Å²) in [6.45, 7) is 3.15. The monoisotopic (exact) mass is 455 g/mol. The minimum Gasteiger partial charge on any atom is -0.349 e. The van der Waals surface area contributed by atoms with E-state index >= 15 is 0 Å². The molecule has 1 N–H and O–H groups in total. The lowest BCUT2D eigenvalue weighted by atomic mass is 9.98. The number of amides is 2. The highest BCUT2D eigenvalue weighted by molar-refractivity contribution is 7.89. The summed E-state index contributed by atoms with van der Waals surface area (Å²) in [5, 5.41) is 3.02. The van der Waals surface area contributed by atoms with Crippen molar-refractivity contribution in [3.05, 3.63) is 60.2 Å². The zero-order valence-electron chi connectivity index (χ0n) is 18.2. The maximum Gasteiger partial charge on any atom is 0.243 e. The minimum atomic E-state index is -3.71. The molecule has 2 aromatic rings. The topological polar surface area (TPSA) is 86.8 Å². The number of nitrogens with zero attached hydrogens (tertiary/aromatic N) is 2. The quantitative estimate of drug-likeness (QED) is 0.725. The summed E-state index contributed by atoms with van der Waals surface area (Å²) in [5.41, 5.74) is 1.73. The molecule has 0 aromatic heterocycles. The lowest BCUT2D eigenvalue weighted by Crippen LogP contribution is -2.45. The number of piperidine rings is 1. The lowest BCUT2D eigenvalue weighted by Gasteiger charge is -2.32. The highest BCUT2D eigenvalue weighted by Gasteiger charge is 2.34. The summed E-state index contributed by atoms with van der Waals surface area (Å²) in [6.07, 6.45) is 2.64. The Morgan fingerprint density at radius 1 is 1.03 bits per heavy atom. The molecular formula is C24H29N3O4S. The molecule has 4 rings (SSSR count). The first-order chi connectivity index (χ1) is 15.4. The van der Waals surface area contributed by atoms with E-state index in [2.05, 4.69) is 5.32 Å². The van der Waals surface area contributed by atoms with Gasteiger partial charge in [-0.3, -0.25) is 9.59 Å². The van der Waals surface area contributed by atoms with Crippen molar-refractivity contribution in [1.82, 2.24) is 9.62 Å². The predicted octanol–water partition coefficient (Wildman–Crippen LogP) is 3.09. The Morgan fingerprint density at radius 3 is 2.41 bits per heavy atom. The number of anilines is 1. The third kappa shape index (κ3) is 4.71. The fraction of sp³-hybridized carbons (Fsp3) is 0.417. The van der Waals surface area contributed by atoms with Crippen LogP contribution in [0.4, 0.5) is 5.69 Å². The number of carbonyl (C=O) groups is 2. The number of sulfonamides is 1. The summed E-state index contributed by atoms with van der Waals surface area (Å²) in [4.78, 5) is 26.6. The molecule has 0 aliphatic carbocycles. The molecule has 0 spiro atoms. The molecular weight excluding hydrogens is 426 g/mol. The number of hydrogen-bond donors (Lipinski definition) is 1. The van der Waals surface area contributed by atoms with E-state index in [1.807, 2.05) is 37.3 Å². The zero-order valence-corrected chi connectivity index (χ0v) is 19.1. The van der Waals surface area contributed by atoms with Gasteiger partial charge in [-0.15, -0.1) is 0 Å². The Bertz CT molecular complexity index is 1070. The van der Waals surface area contributed by atoms with Crippen LogP contribution in [0.25, 0.3) is 0 Å². The Balaban J connectivity index is 1.42. The van der Waals surface area contributed by atoms with Crippen LogP contribution in [0.1, 0.15) is 44.2 Å². The number of carbonyl (C=O) groups excluding carboxylic acids is 2. The van der Waals surface area contributed by atoms with Crippen molar-refractivity contribution in [3.8, 4) is 0 Å². The number of benzene rings is 2. The van der Waals surface area contributed by atoms with E-state index < -0.39 is 10.0 Å². The molecule has 0 unspecified atom stereocenters. The van der Waals surface area contributed by atoms with E-state index in [4.69, 9.17) is 0 Å². The van der Waals surface area contributed by atoms with Gasteiger partial charge in [-0.1, -0.05) is 30.3 Å². The van der Waals surface area contributed by atoms with Crippen LogP contribution in [0.15, 0.2) is 59.5 Å². The lowest BCUT2D eigenvalue weighted by molar-refractivity contribution is -0.126. The highest BCUT2D eigenvalue weighted by atomic mass is 32.2. The summed E-state index contributed by atoms with van der Waals surface area (Å²) >= 11 is 0. The van der Waals surface area contributed by atoms with E-state index in [9.17, 15) is 18.0 Å². The van der Waals surface area contributed by atoms with E-state index in [-0.39, 0.29) is 35.2 Å². The molecule has 2 aliphatic heterocycles. The van der Waals surface area contributed by atoms with Crippen LogP contribution in [0.2, 0.25) is 0 Å². The maximum atomic E-state index is 13.2. The average Bonchev–Trinajstić information content (AvgIpc) is 3.25. The summed E-state index contributed by atoms with van der Waals surface area (Å²) < 4.78 is 27.8.